The van der Waals surface area contributed by atoms with Crippen molar-refractivity contribution in [2.45, 2.75) is 38.5 Å². The molecular formula is C14H20O. The molecule has 15 heavy (non-hydrogen) atoms. The molecule has 0 spiro atoms. The summed E-state index contributed by atoms with van der Waals surface area (Å²) in [5.74, 6) is 0.638. The van der Waals surface area contributed by atoms with Crippen molar-refractivity contribution in [2.24, 2.45) is 5.92 Å². The van der Waals surface area contributed by atoms with Crippen LogP contribution < -0.4 is 0 Å². The van der Waals surface area contributed by atoms with Gasteiger partial charge in [0.1, 0.15) is 0 Å². The first-order chi connectivity index (χ1) is 7.23. The Labute approximate surface area is 92.1 Å². The van der Waals surface area contributed by atoms with E-state index in [0.29, 0.717) is 12.5 Å². The smallest absolute Gasteiger partial charge is 0.0530 e. The van der Waals surface area contributed by atoms with Crippen LogP contribution in [-0.2, 0) is 11.8 Å². The van der Waals surface area contributed by atoms with Crippen LogP contribution in [0.3, 0.4) is 0 Å². The molecule has 0 saturated heterocycles. The largest absolute Gasteiger partial charge is 0.395 e. The van der Waals surface area contributed by atoms with Gasteiger partial charge in [-0.2, -0.15) is 0 Å². The molecule has 82 valence electrons. The maximum Gasteiger partial charge on any atom is 0.0530 e. The van der Waals surface area contributed by atoms with Crippen LogP contribution >= 0.6 is 0 Å². The molecule has 1 N–H and O–H groups in total. The summed E-state index contributed by atoms with van der Waals surface area (Å²) in [5.41, 5.74) is 2.81. The standard InChI is InChI=1S/C14H20O/c1-3-4-12-5-7-13(8-6-12)14(10-15)9-11(14)2/h5-8,11,15H,3-4,9-10H2,1-2H3. The van der Waals surface area contributed by atoms with Crippen LogP contribution in [0.4, 0.5) is 0 Å². The van der Waals surface area contributed by atoms with Gasteiger partial charge in [0.2, 0.25) is 0 Å². The summed E-state index contributed by atoms with van der Waals surface area (Å²) < 4.78 is 0. The number of aliphatic hydroxyl groups excluding tert-OH is 1. The Morgan fingerprint density at radius 2 is 1.93 bits per heavy atom. The van der Waals surface area contributed by atoms with Crippen LogP contribution in [0, 0.1) is 5.92 Å². The highest BCUT2D eigenvalue weighted by molar-refractivity contribution is 5.35. The lowest BCUT2D eigenvalue weighted by Gasteiger charge is -2.14. The third-order valence-corrected chi connectivity index (χ3v) is 3.80. The van der Waals surface area contributed by atoms with Crippen LogP contribution in [-0.4, -0.2) is 11.7 Å². The van der Waals surface area contributed by atoms with Crippen LogP contribution in [0.5, 0.6) is 0 Å². The summed E-state index contributed by atoms with van der Waals surface area (Å²) in [4.78, 5) is 0. The van der Waals surface area contributed by atoms with Crippen LogP contribution in [0.1, 0.15) is 37.8 Å². The van der Waals surface area contributed by atoms with Crippen molar-refractivity contribution >= 4 is 0 Å². The first kappa shape index (κ1) is 10.7. The predicted octanol–water partition coefficient (Wildman–Crippen LogP) is 2.91. The summed E-state index contributed by atoms with van der Waals surface area (Å²) in [6.45, 7) is 4.71. The van der Waals surface area contributed by atoms with E-state index in [1.165, 1.54) is 17.5 Å². The number of benzene rings is 1. The van der Waals surface area contributed by atoms with Gasteiger partial charge >= 0.3 is 0 Å². The molecule has 1 nitrogen and oxygen atoms in total. The van der Waals surface area contributed by atoms with Crippen LogP contribution in [0.2, 0.25) is 0 Å². The number of rotatable bonds is 4. The zero-order valence-electron chi connectivity index (χ0n) is 9.66. The van der Waals surface area contributed by atoms with Crippen LogP contribution in [0.15, 0.2) is 24.3 Å². The van der Waals surface area contributed by atoms with E-state index >= 15 is 0 Å². The third-order valence-electron chi connectivity index (χ3n) is 3.80. The molecular weight excluding hydrogens is 184 g/mol. The zero-order chi connectivity index (χ0) is 10.9. The Morgan fingerprint density at radius 3 is 2.33 bits per heavy atom. The highest BCUT2D eigenvalue weighted by atomic mass is 16.3. The van der Waals surface area contributed by atoms with Crippen molar-refractivity contribution in [2.75, 3.05) is 6.61 Å². The lowest BCUT2D eigenvalue weighted by molar-refractivity contribution is 0.247. The van der Waals surface area contributed by atoms with E-state index in [4.69, 9.17) is 0 Å². The van der Waals surface area contributed by atoms with Gasteiger partial charge in [0.25, 0.3) is 0 Å². The van der Waals surface area contributed by atoms with E-state index in [1.54, 1.807) is 0 Å². The number of hydrogen-bond donors (Lipinski definition) is 1. The lowest BCUT2D eigenvalue weighted by atomic mass is 9.93. The van der Waals surface area contributed by atoms with Gasteiger partial charge in [-0.05, 0) is 29.9 Å². The molecule has 1 aliphatic rings. The van der Waals surface area contributed by atoms with Gasteiger partial charge in [0.05, 0.1) is 6.61 Å². The molecule has 1 heteroatoms. The van der Waals surface area contributed by atoms with Gasteiger partial charge in [-0.25, -0.2) is 0 Å². The van der Waals surface area contributed by atoms with E-state index in [-0.39, 0.29) is 5.41 Å². The van der Waals surface area contributed by atoms with Crippen molar-refractivity contribution in [1.29, 1.82) is 0 Å². The van der Waals surface area contributed by atoms with Crippen molar-refractivity contribution < 1.29 is 5.11 Å². The molecule has 0 radical (unpaired) electrons. The first-order valence-electron chi connectivity index (χ1n) is 5.93. The second-order valence-corrected chi connectivity index (χ2v) is 4.87. The molecule has 0 bridgehead atoms. The maximum absolute atomic E-state index is 9.45. The van der Waals surface area contributed by atoms with Gasteiger partial charge in [-0.3, -0.25) is 0 Å². The average molecular weight is 204 g/mol. The quantitative estimate of drug-likeness (QED) is 0.799. The Balaban J connectivity index is 2.17. The van der Waals surface area contributed by atoms with Crippen molar-refractivity contribution in [3.05, 3.63) is 35.4 Å². The van der Waals surface area contributed by atoms with E-state index in [9.17, 15) is 5.11 Å². The molecule has 0 heterocycles. The van der Waals surface area contributed by atoms with Crippen molar-refractivity contribution in [3.8, 4) is 0 Å². The van der Waals surface area contributed by atoms with Crippen molar-refractivity contribution in [3.63, 3.8) is 0 Å². The monoisotopic (exact) mass is 204 g/mol. The molecule has 0 aliphatic heterocycles. The summed E-state index contributed by atoms with van der Waals surface area (Å²) in [5, 5.41) is 9.45. The third kappa shape index (κ3) is 1.81. The molecule has 2 unspecified atom stereocenters. The summed E-state index contributed by atoms with van der Waals surface area (Å²) in [7, 11) is 0. The minimum atomic E-state index is 0.0880. The van der Waals surface area contributed by atoms with Gasteiger partial charge in [0, 0.05) is 5.41 Å². The van der Waals surface area contributed by atoms with E-state index in [2.05, 4.69) is 38.1 Å². The Morgan fingerprint density at radius 1 is 1.33 bits per heavy atom. The minimum absolute atomic E-state index is 0.0880. The Kier molecular flexibility index (Phi) is 2.83. The Bertz CT molecular complexity index is 324. The fourth-order valence-corrected chi connectivity index (χ4v) is 2.49. The predicted molar refractivity (Wildman–Crippen MR) is 63.0 cm³/mol. The molecule has 2 rings (SSSR count). The second-order valence-electron chi connectivity index (χ2n) is 4.87. The number of aliphatic hydroxyl groups is 1. The fraction of sp³-hybridized carbons (Fsp3) is 0.571. The summed E-state index contributed by atoms with van der Waals surface area (Å²) >= 11 is 0. The van der Waals surface area contributed by atoms with E-state index < -0.39 is 0 Å². The molecule has 2 atom stereocenters. The zero-order valence-corrected chi connectivity index (χ0v) is 9.66. The van der Waals surface area contributed by atoms with Crippen LogP contribution in [0.25, 0.3) is 0 Å². The van der Waals surface area contributed by atoms with Gasteiger partial charge in [-0.15, -0.1) is 0 Å². The van der Waals surface area contributed by atoms with Gasteiger partial charge in [-0.1, -0.05) is 44.5 Å². The van der Waals surface area contributed by atoms with Gasteiger partial charge < -0.3 is 5.11 Å². The molecule has 1 fully saturated rings. The topological polar surface area (TPSA) is 20.2 Å². The molecule has 1 saturated carbocycles. The molecule has 1 aromatic rings. The van der Waals surface area contributed by atoms with E-state index in [0.717, 1.165) is 12.8 Å². The van der Waals surface area contributed by atoms with Gasteiger partial charge in [0.15, 0.2) is 0 Å². The average Bonchev–Trinajstić information content (AvgIpc) is 2.92. The second kappa shape index (κ2) is 3.97. The number of aryl methyl sites for hydroxylation is 1. The normalized spacial score (nSPS) is 29.1. The first-order valence-corrected chi connectivity index (χ1v) is 5.93. The molecule has 1 aliphatic carbocycles. The van der Waals surface area contributed by atoms with E-state index in [1.807, 2.05) is 0 Å². The highest BCUT2D eigenvalue weighted by Crippen LogP contribution is 2.53. The molecule has 0 amide bonds. The maximum atomic E-state index is 9.45. The Hall–Kier alpha value is -0.820. The lowest BCUT2D eigenvalue weighted by Crippen LogP contribution is -2.14. The van der Waals surface area contributed by atoms with Crippen molar-refractivity contribution in [1.82, 2.24) is 0 Å². The number of hydrogen-bond acceptors (Lipinski definition) is 1. The summed E-state index contributed by atoms with van der Waals surface area (Å²) in [6, 6.07) is 8.82. The SMILES string of the molecule is CCCc1ccc(C2(CO)CC2C)cc1. The fourth-order valence-electron chi connectivity index (χ4n) is 2.49. The molecule has 0 aromatic heterocycles. The minimum Gasteiger partial charge on any atom is -0.395 e. The summed E-state index contributed by atoms with van der Waals surface area (Å²) in [6.07, 6.45) is 3.49. The highest BCUT2D eigenvalue weighted by Gasteiger charge is 2.51. The molecule has 1 aromatic carbocycles.